The molecule has 0 atom stereocenters. The van der Waals surface area contributed by atoms with Crippen LogP contribution in [0.1, 0.15) is 16.1 Å². The Morgan fingerprint density at radius 2 is 2.22 bits per heavy atom. The quantitative estimate of drug-likeness (QED) is 0.799. The molecule has 1 aromatic carbocycles. The van der Waals surface area contributed by atoms with Crippen molar-refractivity contribution in [3.63, 3.8) is 0 Å². The van der Waals surface area contributed by atoms with Crippen molar-refractivity contribution in [2.45, 2.75) is 0 Å². The van der Waals surface area contributed by atoms with Crippen molar-refractivity contribution in [3.8, 4) is 6.07 Å². The lowest BCUT2D eigenvalue weighted by Crippen LogP contribution is -2.29. The van der Waals surface area contributed by atoms with Gasteiger partial charge in [0.25, 0.3) is 5.91 Å². The average Bonchev–Trinajstić information content (AvgIpc) is 2.68. The minimum absolute atomic E-state index is 0.144. The number of nitrogens with zero attached hydrogens (tertiary/aromatic N) is 2. The standard InChI is InChI=1S/C10H8N4O3S/c1-18(16,17)14-10(15)6-2-3-8-7(4-6)9(5-11)13-12-8/h2-4H,1H3,(H,12,13)(H,14,15). The van der Waals surface area contributed by atoms with Gasteiger partial charge in [-0.25, -0.2) is 13.1 Å². The van der Waals surface area contributed by atoms with Crippen LogP contribution in [0.5, 0.6) is 0 Å². The second-order valence-electron chi connectivity index (χ2n) is 3.65. The maximum absolute atomic E-state index is 11.6. The van der Waals surface area contributed by atoms with E-state index >= 15 is 0 Å². The van der Waals surface area contributed by atoms with E-state index in [4.69, 9.17) is 5.26 Å². The molecule has 0 bridgehead atoms. The van der Waals surface area contributed by atoms with Gasteiger partial charge in [0.15, 0.2) is 5.69 Å². The second kappa shape index (κ2) is 4.12. The Kier molecular flexibility index (Phi) is 2.76. The highest BCUT2D eigenvalue weighted by Crippen LogP contribution is 2.17. The Hall–Kier alpha value is -2.40. The molecule has 92 valence electrons. The van der Waals surface area contributed by atoms with Gasteiger partial charge in [0.05, 0.1) is 11.8 Å². The zero-order valence-electron chi connectivity index (χ0n) is 9.26. The molecular weight excluding hydrogens is 256 g/mol. The Bertz CT molecular complexity index is 770. The van der Waals surface area contributed by atoms with E-state index in [0.29, 0.717) is 10.9 Å². The molecule has 2 rings (SSSR count). The third-order valence-electron chi connectivity index (χ3n) is 2.21. The number of nitrogens with one attached hydrogen (secondary N) is 2. The number of carbonyl (C=O) groups excluding carboxylic acids is 1. The molecule has 2 aromatic rings. The van der Waals surface area contributed by atoms with E-state index in [1.165, 1.54) is 12.1 Å². The van der Waals surface area contributed by atoms with Gasteiger partial charge in [-0.3, -0.25) is 9.89 Å². The summed E-state index contributed by atoms with van der Waals surface area (Å²) < 4.78 is 23.7. The molecule has 0 aliphatic heterocycles. The van der Waals surface area contributed by atoms with Crippen molar-refractivity contribution in [3.05, 3.63) is 29.5 Å². The fourth-order valence-electron chi connectivity index (χ4n) is 1.47. The maximum atomic E-state index is 11.6. The summed E-state index contributed by atoms with van der Waals surface area (Å²) in [5, 5.41) is 15.7. The average molecular weight is 264 g/mol. The number of benzene rings is 1. The van der Waals surface area contributed by atoms with Crippen LogP contribution in [0, 0.1) is 11.3 Å². The summed E-state index contributed by atoms with van der Waals surface area (Å²) in [5.74, 6) is -0.746. The molecule has 0 aliphatic rings. The summed E-state index contributed by atoms with van der Waals surface area (Å²) in [7, 11) is -3.62. The summed E-state index contributed by atoms with van der Waals surface area (Å²) in [6.07, 6.45) is 0.891. The normalized spacial score (nSPS) is 11.1. The largest absolute Gasteiger partial charge is 0.276 e. The molecule has 0 saturated heterocycles. The number of amides is 1. The lowest BCUT2D eigenvalue weighted by molar-refractivity contribution is 0.0982. The van der Waals surface area contributed by atoms with Crippen molar-refractivity contribution < 1.29 is 13.2 Å². The van der Waals surface area contributed by atoms with Gasteiger partial charge in [0.1, 0.15) is 6.07 Å². The molecule has 7 nitrogen and oxygen atoms in total. The lowest BCUT2D eigenvalue weighted by Gasteiger charge is -2.02. The van der Waals surface area contributed by atoms with Gasteiger partial charge in [-0.05, 0) is 18.2 Å². The zero-order chi connectivity index (χ0) is 13.3. The number of carbonyl (C=O) groups is 1. The van der Waals surface area contributed by atoms with Crippen LogP contribution >= 0.6 is 0 Å². The van der Waals surface area contributed by atoms with Crippen LogP contribution in [0.25, 0.3) is 10.9 Å². The highest BCUT2D eigenvalue weighted by molar-refractivity contribution is 7.89. The molecule has 1 amide bonds. The van der Waals surface area contributed by atoms with Crippen molar-refractivity contribution in [2.75, 3.05) is 6.26 Å². The van der Waals surface area contributed by atoms with Gasteiger partial charge >= 0.3 is 0 Å². The van der Waals surface area contributed by atoms with Gasteiger partial charge in [-0.1, -0.05) is 0 Å². The van der Waals surface area contributed by atoms with Gasteiger partial charge in [-0.2, -0.15) is 10.4 Å². The minimum Gasteiger partial charge on any atom is -0.276 e. The van der Waals surface area contributed by atoms with E-state index in [-0.39, 0.29) is 11.3 Å². The van der Waals surface area contributed by atoms with Gasteiger partial charge in [-0.15, -0.1) is 0 Å². The Balaban J connectivity index is 2.47. The van der Waals surface area contributed by atoms with Gasteiger partial charge in [0.2, 0.25) is 10.0 Å². The predicted octanol–water partition coefficient (Wildman–Crippen LogP) is 0.124. The monoisotopic (exact) mass is 264 g/mol. The smallest absolute Gasteiger partial charge is 0.264 e. The number of hydrogen-bond acceptors (Lipinski definition) is 5. The number of hydrogen-bond donors (Lipinski definition) is 2. The van der Waals surface area contributed by atoms with Gasteiger partial charge < -0.3 is 0 Å². The van der Waals surface area contributed by atoms with Crippen molar-refractivity contribution in [1.82, 2.24) is 14.9 Å². The first-order chi connectivity index (χ1) is 8.40. The Morgan fingerprint density at radius 3 is 2.83 bits per heavy atom. The van der Waals surface area contributed by atoms with Gasteiger partial charge in [0, 0.05) is 10.9 Å². The molecule has 0 radical (unpaired) electrons. The van der Waals surface area contributed by atoms with Crippen LogP contribution in [-0.4, -0.2) is 30.8 Å². The Morgan fingerprint density at radius 1 is 1.50 bits per heavy atom. The number of nitriles is 1. The Labute approximate surface area is 102 Å². The fraction of sp³-hybridized carbons (Fsp3) is 0.100. The zero-order valence-corrected chi connectivity index (χ0v) is 10.1. The van der Waals surface area contributed by atoms with Crippen LogP contribution in [0.15, 0.2) is 18.2 Å². The molecule has 0 unspecified atom stereocenters. The van der Waals surface area contributed by atoms with Crippen LogP contribution in [0.4, 0.5) is 0 Å². The van der Waals surface area contributed by atoms with Crippen LogP contribution in [0.2, 0.25) is 0 Å². The topological polar surface area (TPSA) is 116 Å². The summed E-state index contributed by atoms with van der Waals surface area (Å²) in [4.78, 5) is 11.6. The number of H-pyrrole nitrogens is 1. The second-order valence-corrected chi connectivity index (χ2v) is 5.40. The minimum atomic E-state index is -3.62. The maximum Gasteiger partial charge on any atom is 0.264 e. The molecular formula is C10H8N4O3S. The van der Waals surface area contributed by atoms with Crippen molar-refractivity contribution in [2.24, 2.45) is 0 Å². The molecule has 0 fully saturated rings. The molecule has 8 heteroatoms. The molecule has 18 heavy (non-hydrogen) atoms. The number of sulfonamides is 1. The molecule has 2 N–H and O–H groups in total. The number of aromatic nitrogens is 2. The lowest BCUT2D eigenvalue weighted by atomic mass is 10.1. The van der Waals surface area contributed by atoms with E-state index in [9.17, 15) is 13.2 Å². The molecule has 0 spiro atoms. The van der Waals surface area contributed by atoms with E-state index in [1.807, 2.05) is 10.8 Å². The summed E-state index contributed by atoms with van der Waals surface area (Å²) in [5.41, 5.74) is 0.896. The van der Waals surface area contributed by atoms with Crippen molar-refractivity contribution >= 4 is 26.8 Å². The third kappa shape index (κ3) is 2.31. The van der Waals surface area contributed by atoms with E-state index in [1.54, 1.807) is 6.07 Å². The fourth-order valence-corrected chi connectivity index (χ4v) is 1.92. The number of fused-ring (bicyclic) bond motifs is 1. The molecule has 1 heterocycles. The summed E-state index contributed by atoms with van der Waals surface area (Å²) in [6.45, 7) is 0. The summed E-state index contributed by atoms with van der Waals surface area (Å²) >= 11 is 0. The highest BCUT2D eigenvalue weighted by Gasteiger charge is 2.13. The van der Waals surface area contributed by atoms with E-state index in [2.05, 4.69) is 10.2 Å². The van der Waals surface area contributed by atoms with Crippen LogP contribution < -0.4 is 4.72 Å². The van der Waals surface area contributed by atoms with E-state index in [0.717, 1.165) is 6.26 Å². The van der Waals surface area contributed by atoms with Crippen molar-refractivity contribution in [1.29, 1.82) is 5.26 Å². The number of rotatable bonds is 2. The molecule has 0 aliphatic carbocycles. The molecule has 1 aromatic heterocycles. The predicted molar refractivity (Wildman–Crippen MR) is 63.1 cm³/mol. The van der Waals surface area contributed by atoms with Crippen LogP contribution in [-0.2, 0) is 10.0 Å². The van der Waals surface area contributed by atoms with Crippen LogP contribution in [0.3, 0.4) is 0 Å². The third-order valence-corrected chi connectivity index (χ3v) is 2.77. The first-order valence-corrected chi connectivity index (χ1v) is 6.70. The molecule has 0 saturated carbocycles. The SMILES string of the molecule is CS(=O)(=O)NC(=O)c1ccc2[nH]nc(C#N)c2c1. The summed E-state index contributed by atoms with van der Waals surface area (Å²) in [6, 6.07) is 6.29. The highest BCUT2D eigenvalue weighted by atomic mass is 32.2. The first kappa shape index (κ1) is 12.1. The van der Waals surface area contributed by atoms with E-state index < -0.39 is 15.9 Å². The first-order valence-electron chi connectivity index (χ1n) is 4.81. The number of aromatic amines is 1.